The van der Waals surface area contributed by atoms with Gasteiger partial charge in [0.1, 0.15) is 0 Å². The van der Waals surface area contributed by atoms with Crippen molar-refractivity contribution in [3.63, 3.8) is 0 Å². The highest BCUT2D eigenvalue weighted by molar-refractivity contribution is 9.10. The van der Waals surface area contributed by atoms with Gasteiger partial charge in [0.05, 0.1) is 4.92 Å². The fourth-order valence-corrected chi connectivity index (χ4v) is 3.19. The number of rotatable bonds is 4. The lowest BCUT2D eigenvalue weighted by Crippen LogP contribution is -2.26. The summed E-state index contributed by atoms with van der Waals surface area (Å²) >= 11 is 3.25. The third-order valence-corrected chi connectivity index (χ3v) is 4.29. The highest BCUT2D eigenvalue weighted by atomic mass is 79.9. The second kappa shape index (κ2) is 7.02. The number of pyridine rings is 1. The minimum absolute atomic E-state index is 0.0910. The molecule has 1 unspecified atom stereocenters. The van der Waals surface area contributed by atoms with Gasteiger partial charge in [-0.05, 0) is 41.1 Å². The van der Waals surface area contributed by atoms with E-state index in [1.165, 1.54) is 25.3 Å². The third kappa shape index (κ3) is 3.69. The maximum absolute atomic E-state index is 11.2. The summed E-state index contributed by atoms with van der Waals surface area (Å²) in [6, 6.07) is 1.54. The molecule has 1 aliphatic rings. The van der Waals surface area contributed by atoms with E-state index in [0.29, 0.717) is 10.3 Å². The Morgan fingerprint density at radius 1 is 1.50 bits per heavy atom. The summed E-state index contributed by atoms with van der Waals surface area (Å²) in [6.45, 7) is 3.93. The van der Waals surface area contributed by atoms with Crippen LogP contribution in [0.15, 0.2) is 16.7 Å². The normalized spacial score (nSPS) is 19.7. The molecule has 20 heavy (non-hydrogen) atoms. The number of hydrogen-bond donors (Lipinski definition) is 0. The van der Waals surface area contributed by atoms with Gasteiger partial charge in [-0.3, -0.25) is 10.1 Å². The Morgan fingerprint density at radius 2 is 2.30 bits per heavy atom. The summed E-state index contributed by atoms with van der Waals surface area (Å²) < 4.78 is 0.645. The molecule has 1 aromatic rings. The zero-order chi connectivity index (χ0) is 14.5. The quantitative estimate of drug-likeness (QED) is 0.609. The number of halogens is 1. The van der Waals surface area contributed by atoms with Crippen molar-refractivity contribution in [2.75, 3.05) is 18.0 Å². The van der Waals surface area contributed by atoms with Crippen molar-refractivity contribution in [2.45, 2.75) is 39.0 Å². The van der Waals surface area contributed by atoms with Crippen LogP contribution in [0.25, 0.3) is 0 Å². The highest BCUT2D eigenvalue weighted by Gasteiger charge is 2.24. The van der Waals surface area contributed by atoms with Gasteiger partial charge in [0.15, 0.2) is 0 Å². The van der Waals surface area contributed by atoms with Gasteiger partial charge < -0.3 is 4.90 Å². The summed E-state index contributed by atoms with van der Waals surface area (Å²) in [6.07, 6.45) is 7.50. The van der Waals surface area contributed by atoms with Crippen LogP contribution >= 0.6 is 15.9 Å². The van der Waals surface area contributed by atoms with E-state index in [-0.39, 0.29) is 10.6 Å². The lowest BCUT2D eigenvalue weighted by molar-refractivity contribution is -0.384. The second-order valence-electron chi connectivity index (χ2n) is 5.33. The first-order valence-corrected chi connectivity index (χ1v) is 7.96. The van der Waals surface area contributed by atoms with Crippen LogP contribution in [0, 0.1) is 16.0 Å². The third-order valence-electron chi connectivity index (χ3n) is 3.85. The number of nitrogens with zero attached hydrogens (tertiary/aromatic N) is 3. The molecule has 1 aromatic heterocycles. The van der Waals surface area contributed by atoms with Crippen LogP contribution in [-0.4, -0.2) is 23.0 Å². The van der Waals surface area contributed by atoms with Crippen molar-refractivity contribution in [1.82, 2.24) is 4.98 Å². The van der Waals surface area contributed by atoms with Crippen LogP contribution in [0.3, 0.4) is 0 Å². The largest absolute Gasteiger partial charge is 0.351 e. The van der Waals surface area contributed by atoms with E-state index in [4.69, 9.17) is 0 Å². The van der Waals surface area contributed by atoms with E-state index < -0.39 is 0 Å². The molecule has 0 saturated carbocycles. The molecular formula is C14H20BrN3O2. The number of nitro groups is 1. The molecule has 0 N–H and O–H groups in total. The molecule has 6 heteroatoms. The van der Waals surface area contributed by atoms with Gasteiger partial charge in [0.2, 0.25) is 5.82 Å². The van der Waals surface area contributed by atoms with Gasteiger partial charge in [-0.25, -0.2) is 4.98 Å². The van der Waals surface area contributed by atoms with E-state index in [1.54, 1.807) is 6.20 Å². The molecular weight excluding hydrogens is 322 g/mol. The maximum Gasteiger partial charge on any atom is 0.312 e. The lowest BCUT2D eigenvalue weighted by Gasteiger charge is -2.21. The molecule has 0 aliphatic carbocycles. The molecule has 0 bridgehead atoms. The standard InChI is InChI=1S/C14H20BrN3O2/c1-2-4-11-5-3-7-17(8-6-11)14-13(18(19)20)9-12(15)10-16-14/h9-11H,2-8H2,1H3. The minimum atomic E-state index is -0.346. The van der Waals surface area contributed by atoms with Crippen molar-refractivity contribution in [3.8, 4) is 0 Å². The molecule has 1 saturated heterocycles. The predicted octanol–water partition coefficient (Wildman–Crippen LogP) is 4.16. The van der Waals surface area contributed by atoms with Gasteiger partial charge >= 0.3 is 5.69 Å². The lowest BCUT2D eigenvalue weighted by atomic mass is 9.96. The number of aromatic nitrogens is 1. The average molecular weight is 342 g/mol. The van der Waals surface area contributed by atoms with Crippen LogP contribution in [0.1, 0.15) is 39.0 Å². The monoisotopic (exact) mass is 341 g/mol. The molecule has 0 radical (unpaired) electrons. The Kier molecular flexibility index (Phi) is 5.34. The smallest absolute Gasteiger partial charge is 0.312 e. The van der Waals surface area contributed by atoms with Crippen molar-refractivity contribution in [1.29, 1.82) is 0 Å². The van der Waals surface area contributed by atoms with Crippen LogP contribution in [-0.2, 0) is 0 Å². The Balaban J connectivity index is 2.17. The van der Waals surface area contributed by atoms with Crippen molar-refractivity contribution < 1.29 is 4.92 Å². The summed E-state index contributed by atoms with van der Waals surface area (Å²) in [5.41, 5.74) is 0.0910. The molecule has 1 atom stereocenters. The van der Waals surface area contributed by atoms with Crippen molar-refractivity contribution in [3.05, 3.63) is 26.9 Å². The summed E-state index contributed by atoms with van der Waals surface area (Å²) in [5, 5.41) is 11.2. The van der Waals surface area contributed by atoms with Crippen LogP contribution < -0.4 is 4.90 Å². The minimum Gasteiger partial charge on any atom is -0.351 e. The average Bonchev–Trinajstić information content (AvgIpc) is 2.65. The first-order valence-electron chi connectivity index (χ1n) is 7.16. The van der Waals surface area contributed by atoms with E-state index >= 15 is 0 Å². The topological polar surface area (TPSA) is 59.3 Å². The van der Waals surface area contributed by atoms with Crippen LogP contribution in [0.2, 0.25) is 0 Å². The van der Waals surface area contributed by atoms with Crippen molar-refractivity contribution in [2.24, 2.45) is 5.92 Å². The Morgan fingerprint density at radius 3 is 3.00 bits per heavy atom. The molecule has 5 nitrogen and oxygen atoms in total. The van der Waals surface area contributed by atoms with Gasteiger partial charge in [-0.1, -0.05) is 19.8 Å². The summed E-state index contributed by atoms with van der Waals surface area (Å²) in [4.78, 5) is 17.2. The zero-order valence-electron chi connectivity index (χ0n) is 11.7. The van der Waals surface area contributed by atoms with Gasteiger partial charge in [0, 0.05) is 29.8 Å². The molecule has 2 heterocycles. The Bertz CT molecular complexity index is 481. The first-order chi connectivity index (χ1) is 9.61. The molecule has 0 amide bonds. The van der Waals surface area contributed by atoms with Gasteiger partial charge in [-0.15, -0.1) is 0 Å². The molecule has 1 fully saturated rings. The number of hydrogen-bond acceptors (Lipinski definition) is 4. The molecule has 0 aromatic carbocycles. The van der Waals surface area contributed by atoms with Crippen LogP contribution in [0.4, 0.5) is 11.5 Å². The fourth-order valence-electron chi connectivity index (χ4n) is 2.87. The molecule has 110 valence electrons. The Labute approximate surface area is 127 Å². The van der Waals surface area contributed by atoms with Crippen LogP contribution in [0.5, 0.6) is 0 Å². The molecule has 2 rings (SSSR count). The Hall–Kier alpha value is -1.17. The highest BCUT2D eigenvalue weighted by Crippen LogP contribution is 2.31. The zero-order valence-corrected chi connectivity index (χ0v) is 13.3. The molecule has 0 spiro atoms. The first kappa shape index (κ1) is 15.2. The predicted molar refractivity (Wildman–Crippen MR) is 83.1 cm³/mol. The second-order valence-corrected chi connectivity index (χ2v) is 6.24. The van der Waals surface area contributed by atoms with Gasteiger partial charge in [-0.2, -0.15) is 0 Å². The SMILES string of the molecule is CCCC1CCCN(c2ncc(Br)cc2[N+](=O)[O-])CC1. The molecule has 1 aliphatic heterocycles. The van der Waals surface area contributed by atoms with Crippen molar-refractivity contribution >= 4 is 27.4 Å². The number of anilines is 1. The van der Waals surface area contributed by atoms with Gasteiger partial charge in [0.25, 0.3) is 0 Å². The summed E-state index contributed by atoms with van der Waals surface area (Å²) in [7, 11) is 0. The van der Waals surface area contributed by atoms with E-state index in [1.807, 2.05) is 0 Å². The maximum atomic E-state index is 11.2. The van der Waals surface area contributed by atoms with E-state index in [2.05, 4.69) is 32.7 Å². The summed E-state index contributed by atoms with van der Waals surface area (Å²) in [5.74, 6) is 1.26. The van der Waals surface area contributed by atoms with E-state index in [9.17, 15) is 10.1 Å². The van der Waals surface area contributed by atoms with E-state index in [0.717, 1.165) is 31.8 Å². The fraction of sp³-hybridized carbons (Fsp3) is 0.643.